The maximum absolute atomic E-state index is 8.47. The molecule has 0 amide bonds. The molecule has 230 valence electrons. The quantitative estimate of drug-likeness (QED) is 0.0932. The summed E-state index contributed by atoms with van der Waals surface area (Å²) in [5.41, 5.74) is 6.15. The highest BCUT2D eigenvalue weighted by Gasteiger charge is 2.18. The van der Waals surface area contributed by atoms with Crippen LogP contribution in [0.1, 0.15) is 50.2 Å². The maximum atomic E-state index is 8.47. The number of amidine groups is 2. The average molecular weight is 603 g/mol. The standard InChI is InChI=1S/C36H38N6O3/c1-21(2)43-33-17-25(41-35(37)29-13-7-23(5)19-39-29)9-11-27(33)31-15-16-32(45-31)28-12-10-26(18-34(28)44-22(3)4)42-36(38)30-14-8-24(6)20-40-30/h7-22H,1-6H3,(H2,37,41)(H2,38,42). The first-order chi connectivity index (χ1) is 21.5. The normalized spacial score (nSPS) is 11.0. The number of aromatic nitrogens is 2. The van der Waals surface area contributed by atoms with E-state index in [1.165, 1.54) is 0 Å². The molecular formula is C36H38N6O3. The maximum Gasteiger partial charge on any atom is 0.148 e. The molecule has 9 heteroatoms. The van der Waals surface area contributed by atoms with Crippen molar-refractivity contribution in [2.24, 2.45) is 0 Å². The highest BCUT2D eigenvalue weighted by atomic mass is 16.5. The lowest BCUT2D eigenvalue weighted by atomic mass is 10.1. The Morgan fingerprint density at radius 2 is 1.04 bits per heavy atom. The number of hydrogen-bond donors (Lipinski definition) is 4. The molecule has 3 aromatic heterocycles. The van der Waals surface area contributed by atoms with Gasteiger partial charge < -0.3 is 24.5 Å². The molecule has 0 saturated carbocycles. The van der Waals surface area contributed by atoms with Gasteiger partial charge in [-0.15, -0.1) is 0 Å². The number of benzene rings is 2. The number of anilines is 2. The van der Waals surface area contributed by atoms with Gasteiger partial charge in [0.15, 0.2) is 0 Å². The van der Waals surface area contributed by atoms with E-state index in [9.17, 15) is 0 Å². The Morgan fingerprint density at radius 3 is 1.40 bits per heavy atom. The molecule has 0 unspecified atom stereocenters. The molecule has 3 heterocycles. The molecule has 0 radical (unpaired) electrons. The van der Waals surface area contributed by atoms with Crippen LogP contribution in [0.3, 0.4) is 0 Å². The Morgan fingerprint density at radius 1 is 0.622 bits per heavy atom. The van der Waals surface area contributed by atoms with Crippen molar-refractivity contribution < 1.29 is 13.9 Å². The first-order valence-corrected chi connectivity index (χ1v) is 14.8. The second kappa shape index (κ2) is 13.5. The largest absolute Gasteiger partial charge is 0.490 e. The highest BCUT2D eigenvalue weighted by Crippen LogP contribution is 2.40. The second-order valence-corrected chi connectivity index (χ2v) is 11.4. The van der Waals surface area contributed by atoms with Crippen LogP contribution < -0.4 is 20.1 Å². The van der Waals surface area contributed by atoms with Crippen LogP contribution in [0.5, 0.6) is 11.5 Å². The minimum absolute atomic E-state index is 0.0772. The minimum atomic E-state index is -0.0772. The molecule has 0 fully saturated rings. The third-order valence-corrected chi connectivity index (χ3v) is 6.70. The fraction of sp³-hybridized carbons (Fsp3) is 0.222. The van der Waals surface area contributed by atoms with Crippen molar-refractivity contribution >= 4 is 23.0 Å². The van der Waals surface area contributed by atoms with Crippen LogP contribution in [-0.4, -0.2) is 33.8 Å². The summed E-state index contributed by atoms with van der Waals surface area (Å²) in [4.78, 5) is 8.68. The van der Waals surface area contributed by atoms with Gasteiger partial charge in [-0.1, -0.05) is 12.1 Å². The predicted octanol–water partition coefficient (Wildman–Crippen LogP) is 8.47. The van der Waals surface area contributed by atoms with E-state index in [1.807, 2.05) is 114 Å². The van der Waals surface area contributed by atoms with E-state index in [0.29, 0.717) is 45.8 Å². The number of nitrogens with one attached hydrogen (secondary N) is 4. The van der Waals surface area contributed by atoms with Gasteiger partial charge in [0.25, 0.3) is 0 Å². The van der Waals surface area contributed by atoms with Crippen LogP contribution in [0.15, 0.2) is 89.6 Å². The van der Waals surface area contributed by atoms with E-state index in [0.717, 1.165) is 22.3 Å². The van der Waals surface area contributed by atoms with Crippen LogP contribution in [0.25, 0.3) is 22.6 Å². The van der Waals surface area contributed by atoms with Gasteiger partial charge in [0.05, 0.1) is 23.3 Å². The van der Waals surface area contributed by atoms with Gasteiger partial charge in [-0.05, 0) is 101 Å². The number of pyridine rings is 2. The number of nitrogens with zero attached hydrogens (tertiary/aromatic N) is 2. The zero-order valence-electron chi connectivity index (χ0n) is 26.4. The Balaban J connectivity index is 1.41. The minimum Gasteiger partial charge on any atom is -0.490 e. The van der Waals surface area contributed by atoms with E-state index >= 15 is 0 Å². The molecule has 0 spiro atoms. The number of aryl methyl sites for hydroxylation is 2. The van der Waals surface area contributed by atoms with Gasteiger partial charge in [0.2, 0.25) is 0 Å². The molecule has 5 aromatic rings. The highest BCUT2D eigenvalue weighted by molar-refractivity contribution is 6.05. The van der Waals surface area contributed by atoms with Gasteiger partial charge >= 0.3 is 0 Å². The lowest BCUT2D eigenvalue weighted by Crippen LogP contribution is -2.14. The van der Waals surface area contributed by atoms with E-state index in [4.69, 9.17) is 24.7 Å². The fourth-order valence-electron chi connectivity index (χ4n) is 4.59. The number of rotatable bonds is 10. The molecular weight excluding hydrogens is 564 g/mol. The van der Waals surface area contributed by atoms with E-state index < -0.39 is 0 Å². The monoisotopic (exact) mass is 602 g/mol. The van der Waals surface area contributed by atoms with Gasteiger partial charge in [-0.2, -0.15) is 0 Å². The van der Waals surface area contributed by atoms with Gasteiger partial charge in [0.1, 0.15) is 46.1 Å². The fourth-order valence-corrected chi connectivity index (χ4v) is 4.59. The molecule has 0 saturated heterocycles. The van der Waals surface area contributed by atoms with E-state index in [2.05, 4.69) is 20.6 Å². The lowest BCUT2D eigenvalue weighted by Gasteiger charge is -2.16. The van der Waals surface area contributed by atoms with Gasteiger partial charge in [-0.25, -0.2) is 0 Å². The van der Waals surface area contributed by atoms with Crippen LogP contribution in [0.4, 0.5) is 11.4 Å². The Labute approximate surface area is 263 Å². The third-order valence-electron chi connectivity index (χ3n) is 6.70. The lowest BCUT2D eigenvalue weighted by molar-refractivity contribution is 0.243. The van der Waals surface area contributed by atoms with Crippen LogP contribution in [0.2, 0.25) is 0 Å². The van der Waals surface area contributed by atoms with Crippen molar-refractivity contribution in [2.75, 3.05) is 10.6 Å². The SMILES string of the molecule is Cc1ccc(C(=N)Nc2ccc(-c3ccc(-c4ccc(NC(=N)c5ccc(C)cn5)cc4OC(C)C)o3)c(OC(C)C)c2)nc1. The first kappa shape index (κ1) is 31.0. The van der Waals surface area contributed by atoms with Crippen molar-refractivity contribution in [1.29, 1.82) is 10.8 Å². The Kier molecular flexibility index (Phi) is 9.28. The topological polar surface area (TPSA) is 129 Å². The zero-order valence-corrected chi connectivity index (χ0v) is 26.4. The molecule has 0 bridgehead atoms. The predicted molar refractivity (Wildman–Crippen MR) is 180 cm³/mol. The van der Waals surface area contributed by atoms with E-state index in [1.54, 1.807) is 12.4 Å². The van der Waals surface area contributed by atoms with Crippen molar-refractivity contribution in [3.05, 3.63) is 108 Å². The summed E-state index contributed by atoms with van der Waals surface area (Å²) in [6, 6.07) is 22.7. The Bertz CT molecular complexity index is 1680. The summed E-state index contributed by atoms with van der Waals surface area (Å²) in [6.45, 7) is 11.8. The molecule has 9 nitrogen and oxygen atoms in total. The van der Waals surface area contributed by atoms with Crippen LogP contribution in [0, 0.1) is 24.7 Å². The van der Waals surface area contributed by atoms with Crippen LogP contribution >= 0.6 is 0 Å². The van der Waals surface area contributed by atoms with Crippen LogP contribution in [-0.2, 0) is 0 Å². The van der Waals surface area contributed by atoms with Crippen molar-refractivity contribution in [1.82, 2.24) is 9.97 Å². The molecule has 45 heavy (non-hydrogen) atoms. The summed E-state index contributed by atoms with van der Waals surface area (Å²) >= 11 is 0. The van der Waals surface area contributed by atoms with Gasteiger partial charge in [0, 0.05) is 35.9 Å². The molecule has 2 aromatic carbocycles. The number of ether oxygens (including phenoxy) is 2. The third kappa shape index (κ3) is 7.75. The number of hydrogen-bond acceptors (Lipinski definition) is 7. The summed E-state index contributed by atoms with van der Waals surface area (Å²) in [6.07, 6.45) is 3.33. The van der Waals surface area contributed by atoms with Crippen molar-refractivity contribution in [3.8, 4) is 34.1 Å². The number of furan rings is 1. The van der Waals surface area contributed by atoms with Crippen molar-refractivity contribution in [3.63, 3.8) is 0 Å². The first-order valence-electron chi connectivity index (χ1n) is 14.8. The second-order valence-electron chi connectivity index (χ2n) is 11.4. The molecule has 5 rings (SSSR count). The molecule has 0 aliphatic heterocycles. The summed E-state index contributed by atoms with van der Waals surface area (Å²) < 4.78 is 18.8. The Hall–Kier alpha value is -5.44. The smallest absolute Gasteiger partial charge is 0.148 e. The zero-order chi connectivity index (χ0) is 32.1. The van der Waals surface area contributed by atoms with Gasteiger partial charge in [-0.3, -0.25) is 20.8 Å². The molecule has 0 aliphatic rings. The molecule has 0 aliphatic carbocycles. The summed E-state index contributed by atoms with van der Waals surface area (Å²) in [5, 5.41) is 23.2. The van der Waals surface area contributed by atoms with E-state index in [-0.39, 0.29) is 23.9 Å². The van der Waals surface area contributed by atoms with Crippen molar-refractivity contribution in [2.45, 2.75) is 53.8 Å². The average Bonchev–Trinajstić information content (AvgIpc) is 3.47. The summed E-state index contributed by atoms with van der Waals surface area (Å²) in [5.74, 6) is 2.91. The molecule has 4 N–H and O–H groups in total. The summed E-state index contributed by atoms with van der Waals surface area (Å²) in [7, 11) is 0. The molecule has 0 atom stereocenters.